The predicted octanol–water partition coefficient (Wildman–Crippen LogP) is 2.29. The van der Waals surface area contributed by atoms with Gasteiger partial charge in [0.05, 0.1) is 53.9 Å². The van der Waals surface area contributed by atoms with Crippen LogP contribution in [-0.4, -0.2) is 83.1 Å². The molecule has 3 unspecified atom stereocenters. The maximum Gasteiger partial charge on any atom is 0.407 e. The molecule has 0 saturated carbocycles. The lowest BCUT2D eigenvalue weighted by atomic mass is 10.00. The van der Waals surface area contributed by atoms with E-state index in [0.717, 1.165) is 13.0 Å². The number of amides is 1. The largest absolute Gasteiger partial charge is 0.457 e. The second kappa shape index (κ2) is 13.0. The molecular formula is C27H30ClN11O4. The number of anilines is 4. The first-order valence-electron chi connectivity index (χ1n) is 13.8. The van der Waals surface area contributed by atoms with E-state index in [0.29, 0.717) is 54.3 Å². The van der Waals surface area contributed by atoms with Crippen molar-refractivity contribution >= 4 is 52.5 Å². The quantitative estimate of drug-likeness (QED) is 0.273. The van der Waals surface area contributed by atoms with Crippen molar-refractivity contribution in [2.45, 2.75) is 44.4 Å². The molecule has 5 rings (SSSR count). The molecular weight excluding hydrogens is 578 g/mol. The number of nitriles is 2. The summed E-state index contributed by atoms with van der Waals surface area (Å²) in [5, 5.41) is 36.1. The van der Waals surface area contributed by atoms with Crippen LogP contribution in [0.1, 0.15) is 37.4 Å². The number of fused-ring (bicyclic) bond motifs is 1. The second-order valence-electron chi connectivity index (χ2n) is 10.0. The molecule has 3 aromatic rings. The van der Waals surface area contributed by atoms with Crippen molar-refractivity contribution in [2.75, 3.05) is 48.8 Å². The molecule has 1 aromatic carbocycles. The smallest absolute Gasteiger partial charge is 0.407 e. The molecule has 0 radical (unpaired) electrons. The van der Waals surface area contributed by atoms with E-state index in [1.54, 1.807) is 12.1 Å². The van der Waals surface area contributed by atoms with Gasteiger partial charge < -0.3 is 35.6 Å². The van der Waals surface area contributed by atoms with E-state index in [1.807, 2.05) is 11.8 Å². The van der Waals surface area contributed by atoms with Crippen molar-refractivity contribution in [1.29, 1.82) is 10.5 Å². The summed E-state index contributed by atoms with van der Waals surface area (Å²) in [4.78, 5) is 35.6. The molecule has 15 nitrogen and oxygen atoms in total. The molecule has 2 aromatic heterocycles. The van der Waals surface area contributed by atoms with Gasteiger partial charge in [0.1, 0.15) is 18.2 Å². The minimum Gasteiger partial charge on any atom is -0.457 e. The second-order valence-corrected chi connectivity index (χ2v) is 10.4. The Hall–Kier alpha value is -4.86. The molecule has 2 fully saturated rings. The number of halogens is 1. The Kier molecular flexibility index (Phi) is 8.94. The fourth-order valence-electron chi connectivity index (χ4n) is 5.16. The molecule has 224 valence electrons. The van der Waals surface area contributed by atoms with Gasteiger partial charge >= 0.3 is 12.1 Å². The van der Waals surface area contributed by atoms with E-state index in [2.05, 4.69) is 48.5 Å². The van der Waals surface area contributed by atoms with Gasteiger partial charge in [-0.05, 0) is 44.9 Å². The van der Waals surface area contributed by atoms with Crippen LogP contribution in [0.15, 0.2) is 18.3 Å². The molecule has 2 saturated heterocycles. The zero-order chi connectivity index (χ0) is 30.5. The molecule has 4 N–H and O–H groups in total. The molecule has 0 spiro atoms. The lowest BCUT2D eigenvalue weighted by Gasteiger charge is -2.40. The van der Waals surface area contributed by atoms with Crippen LogP contribution in [-0.2, 0) is 14.3 Å². The van der Waals surface area contributed by atoms with Gasteiger partial charge in [0.25, 0.3) is 0 Å². The zero-order valence-corrected chi connectivity index (χ0v) is 24.3. The first-order chi connectivity index (χ1) is 20.8. The van der Waals surface area contributed by atoms with Gasteiger partial charge in [-0.15, -0.1) is 5.10 Å². The van der Waals surface area contributed by atoms with Crippen LogP contribution in [0.25, 0.3) is 5.65 Å². The number of nitrogens with zero attached hydrogens (tertiary/aromatic N) is 7. The van der Waals surface area contributed by atoms with E-state index in [9.17, 15) is 20.1 Å². The summed E-state index contributed by atoms with van der Waals surface area (Å²) in [5.74, 6) is 0.147. The SMILES string of the molecule is CCNc1nc(Nc2cc(C#N)cc(N3CCC(NC(=O)OC)C(OC(=O)C4CCCN4)C3)c2Cl)nn2c(C#N)cnc12. The number of methoxy groups -OCH3 is 1. The van der Waals surface area contributed by atoms with Crippen molar-refractivity contribution in [1.82, 2.24) is 30.2 Å². The monoisotopic (exact) mass is 607 g/mol. The first-order valence-corrected chi connectivity index (χ1v) is 14.2. The maximum absolute atomic E-state index is 12.9. The Labute approximate surface area is 252 Å². The van der Waals surface area contributed by atoms with Gasteiger partial charge in [-0.2, -0.15) is 20.0 Å². The number of hydrogen-bond acceptors (Lipinski definition) is 13. The molecule has 1 amide bonds. The van der Waals surface area contributed by atoms with Crippen LogP contribution in [0.5, 0.6) is 0 Å². The Morgan fingerprint density at radius 1 is 1.26 bits per heavy atom. The summed E-state index contributed by atoms with van der Waals surface area (Å²) in [6, 6.07) is 6.53. The van der Waals surface area contributed by atoms with Crippen LogP contribution in [0, 0.1) is 22.7 Å². The van der Waals surface area contributed by atoms with Gasteiger partial charge in [-0.3, -0.25) is 4.79 Å². The molecule has 3 atom stereocenters. The third-order valence-corrected chi connectivity index (χ3v) is 7.65. The number of ether oxygens (including phenoxy) is 2. The zero-order valence-electron chi connectivity index (χ0n) is 23.6. The van der Waals surface area contributed by atoms with Gasteiger partial charge in [0.15, 0.2) is 17.2 Å². The number of piperidine rings is 1. The van der Waals surface area contributed by atoms with Crippen molar-refractivity contribution in [2.24, 2.45) is 0 Å². The third kappa shape index (κ3) is 6.33. The van der Waals surface area contributed by atoms with Crippen molar-refractivity contribution in [3.8, 4) is 12.1 Å². The van der Waals surface area contributed by atoms with Crippen molar-refractivity contribution in [3.05, 3.63) is 34.6 Å². The number of benzene rings is 1. The summed E-state index contributed by atoms with van der Waals surface area (Å²) >= 11 is 6.91. The Bertz CT molecular complexity index is 1610. The van der Waals surface area contributed by atoms with Crippen LogP contribution in [0.3, 0.4) is 0 Å². The van der Waals surface area contributed by atoms with Crippen LogP contribution in [0.2, 0.25) is 5.02 Å². The normalized spacial score (nSPS) is 19.7. The van der Waals surface area contributed by atoms with E-state index in [-0.39, 0.29) is 29.2 Å². The van der Waals surface area contributed by atoms with Gasteiger partial charge in [-0.1, -0.05) is 11.6 Å². The topological polar surface area (TPSA) is 195 Å². The molecule has 4 heterocycles. The standard InChI is InChI=1S/C27H30ClN11O4/c1-3-31-23-24-33-13-16(12-30)39(24)37-26(36-23)34-19-9-15(11-29)10-20(22(19)28)38-8-6-17(35-27(41)42-2)21(14-38)43-25(40)18-5-4-7-32-18/h9-10,13,17-18,21,32H,3-8,14H2,1-2H3,(H,35,41)(H2,31,34,36,37). The van der Waals surface area contributed by atoms with Gasteiger partial charge in [0, 0.05) is 13.1 Å². The molecule has 16 heteroatoms. The molecule has 43 heavy (non-hydrogen) atoms. The van der Waals surface area contributed by atoms with E-state index >= 15 is 0 Å². The highest BCUT2D eigenvalue weighted by atomic mass is 35.5. The number of nitrogens with one attached hydrogen (secondary N) is 4. The summed E-state index contributed by atoms with van der Waals surface area (Å²) in [6.07, 6.45) is 2.04. The Balaban J connectivity index is 1.45. The lowest BCUT2D eigenvalue weighted by molar-refractivity contribution is -0.152. The van der Waals surface area contributed by atoms with Crippen molar-refractivity contribution < 1.29 is 19.1 Å². The highest BCUT2D eigenvalue weighted by Gasteiger charge is 2.36. The van der Waals surface area contributed by atoms with Crippen LogP contribution < -0.4 is 26.2 Å². The number of carbonyl (C=O) groups excluding carboxylic acids is 2. The number of rotatable bonds is 8. The number of esters is 1. The maximum atomic E-state index is 12.9. The Morgan fingerprint density at radius 3 is 2.79 bits per heavy atom. The highest BCUT2D eigenvalue weighted by molar-refractivity contribution is 6.36. The first kappa shape index (κ1) is 29.6. The summed E-state index contributed by atoms with van der Waals surface area (Å²) in [5.41, 5.74) is 1.80. The molecule has 0 aliphatic carbocycles. The van der Waals surface area contributed by atoms with Crippen molar-refractivity contribution in [3.63, 3.8) is 0 Å². The predicted molar refractivity (Wildman–Crippen MR) is 156 cm³/mol. The average Bonchev–Trinajstić information content (AvgIpc) is 3.70. The number of carbonyl (C=O) groups is 2. The summed E-state index contributed by atoms with van der Waals surface area (Å²) in [7, 11) is 1.27. The lowest BCUT2D eigenvalue weighted by Crippen LogP contribution is -2.56. The van der Waals surface area contributed by atoms with E-state index in [1.165, 1.54) is 17.8 Å². The fourth-order valence-corrected chi connectivity index (χ4v) is 5.43. The third-order valence-electron chi connectivity index (χ3n) is 7.25. The summed E-state index contributed by atoms with van der Waals surface area (Å²) < 4.78 is 12.0. The van der Waals surface area contributed by atoms with E-state index in [4.69, 9.17) is 21.1 Å². The Morgan fingerprint density at radius 2 is 2.09 bits per heavy atom. The fraction of sp³-hybridized carbons (Fsp3) is 0.444. The number of hydrogen-bond donors (Lipinski definition) is 4. The average molecular weight is 608 g/mol. The molecule has 0 bridgehead atoms. The van der Waals surface area contributed by atoms with Crippen LogP contribution >= 0.6 is 11.6 Å². The number of imidazole rings is 1. The molecule has 2 aliphatic heterocycles. The van der Waals surface area contributed by atoms with Gasteiger partial charge in [0.2, 0.25) is 5.95 Å². The minimum absolute atomic E-state index is 0.123. The molecule has 2 aliphatic rings. The minimum atomic E-state index is -0.708. The number of aromatic nitrogens is 4. The highest BCUT2D eigenvalue weighted by Crippen LogP contribution is 2.37. The van der Waals surface area contributed by atoms with Crippen LogP contribution in [0.4, 0.5) is 27.9 Å². The van der Waals surface area contributed by atoms with E-state index < -0.39 is 24.3 Å². The summed E-state index contributed by atoms with van der Waals surface area (Å²) in [6.45, 7) is 3.83. The number of alkyl carbamates (subject to hydrolysis) is 1. The van der Waals surface area contributed by atoms with Gasteiger partial charge in [-0.25, -0.2) is 9.78 Å².